The standard InChI is InChI=1S/C26H28O6S/c1-20-12-14-23(15-13-20)33(27,28)32-25-19-30-24(18-29-16-21-8-4-2-5-9-21)26(25)31-17-22-10-6-3-7-11-22/h2-15,24-26H,16-19H2,1H3/t24-,25+,26+/m1/s1. The summed E-state index contributed by atoms with van der Waals surface area (Å²) >= 11 is 0. The van der Waals surface area contributed by atoms with Crippen molar-refractivity contribution < 1.29 is 26.8 Å². The lowest BCUT2D eigenvalue weighted by molar-refractivity contribution is -0.0707. The number of rotatable bonds is 10. The molecule has 7 heteroatoms. The molecule has 1 heterocycles. The van der Waals surface area contributed by atoms with Crippen LogP contribution in [0.1, 0.15) is 16.7 Å². The molecule has 174 valence electrons. The van der Waals surface area contributed by atoms with Crippen LogP contribution >= 0.6 is 0 Å². The summed E-state index contributed by atoms with van der Waals surface area (Å²) in [6.45, 7) is 3.01. The zero-order chi connectivity index (χ0) is 23.1. The fourth-order valence-corrected chi connectivity index (χ4v) is 4.72. The highest BCUT2D eigenvalue weighted by Crippen LogP contribution is 2.26. The van der Waals surface area contributed by atoms with Gasteiger partial charge < -0.3 is 14.2 Å². The SMILES string of the molecule is Cc1ccc(S(=O)(=O)O[C@H]2CO[C@H](COCc3ccccc3)[C@@H]2OCc2ccccc2)cc1. The quantitative estimate of drug-likeness (QED) is 0.414. The summed E-state index contributed by atoms with van der Waals surface area (Å²) in [6.07, 6.45) is -1.82. The van der Waals surface area contributed by atoms with Crippen LogP contribution in [0, 0.1) is 6.92 Å². The van der Waals surface area contributed by atoms with Crippen LogP contribution in [0.2, 0.25) is 0 Å². The number of ether oxygens (including phenoxy) is 3. The third-order valence-corrected chi connectivity index (χ3v) is 6.80. The predicted octanol–water partition coefficient (Wildman–Crippen LogP) is 4.27. The van der Waals surface area contributed by atoms with Crippen molar-refractivity contribution in [3.8, 4) is 0 Å². The Morgan fingerprint density at radius 3 is 2.09 bits per heavy atom. The minimum absolute atomic E-state index is 0.101. The summed E-state index contributed by atoms with van der Waals surface area (Å²) < 4.78 is 49.1. The summed E-state index contributed by atoms with van der Waals surface area (Å²) in [5, 5.41) is 0. The van der Waals surface area contributed by atoms with Crippen LogP contribution < -0.4 is 0 Å². The molecule has 0 radical (unpaired) electrons. The van der Waals surface area contributed by atoms with E-state index in [1.54, 1.807) is 24.3 Å². The minimum Gasteiger partial charge on any atom is -0.374 e. The molecule has 4 rings (SSSR count). The van der Waals surface area contributed by atoms with Crippen LogP contribution in [-0.2, 0) is 41.7 Å². The van der Waals surface area contributed by atoms with Crippen molar-refractivity contribution in [1.82, 2.24) is 0 Å². The molecule has 0 amide bonds. The number of benzene rings is 3. The fourth-order valence-electron chi connectivity index (χ4n) is 3.64. The Morgan fingerprint density at radius 1 is 0.848 bits per heavy atom. The van der Waals surface area contributed by atoms with E-state index in [-0.39, 0.29) is 18.1 Å². The lowest BCUT2D eigenvalue weighted by Gasteiger charge is -2.23. The molecule has 0 aliphatic carbocycles. The van der Waals surface area contributed by atoms with Crippen molar-refractivity contribution in [1.29, 1.82) is 0 Å². The lowest BCUT2D eigenvalue weighted by atomic mass is 10.1. The van der Waals surface area contributed by atoms with Gasteiger partial charge in [0.1, 0.15) is 18.3 Å². The minimum atomic E-state index is -3.96. The van der Waals surface area contributed by atoms with Crippen molar-refractivity contribution in [3.63, 3.8) is 0 Å². The topological polar surface area (TPSA) is 71.1 Å². The van der Waals surface area contributed by atoms with Crippen molar-refractivity contribution >= 4 is 10.1 Å². The summed E-state index contributed by atoms with van der Waals surface area (Å²) in [6, 6.07) is 26.1. The second-order valence-corrected chi connectivity index (χ2v) is 9.61. The van der Waals surface area contributed by atoms with Gasteiger partial charge in [0.15, 0.2) is 0 Å². The molecule has 0 N–H and O–H groups in total. The average molecular weight is 469 g/mol. The van der Waals surface area contributed by atoms with E-state index in [4.69, 9.17) is 18.4 Å². The first-order valence-electron chi connectivity index (χ1n) is 10.9. The molecule has 1 saturated heterocycles. The first-order chi connectivity index (χ1) is 16.0. The lowest BCUT2D eigenvalue weighted by Crippen LogP contribution is -2.38. The van der Waals surface area contributed by atoms with Gasteiger partial charge in [-0.1, -0.05) is 78.4 Å². The van der Waals surface area contributed by atoms with E-state index in [0.717, 1.165) is 16.7 Å². The van der Waals surface area contributed by atoms with Crippen LogP contribution in [0.25, 0.3) is 0 Å². The smallest absolute Gasteiger partial charge is 0.297 e. The molecule has 0 unspecified atom stereocenters. The van der Waals surface area contributed by atoms with Gasteiger partial charge in [0.05, 0.1) is 31.3 Å². The maximum absolute atomic E-state index is 12.9. The molecule has 1 aliphatic heterocycles. The molecule has 3 atom stereocenters. The molecule has 0 bridgehead atoms. The van der Waals surface area contributed by atoms with E-state index in [9.17, 15) is 8.42 Å². The Bertz CT molecular complexity index is 1100. The van der Waals surface area contributed by atoms with Crippen molar-refractivity contribution in [2.45, 2.75) is 43.3 Å². The van der Waals surface area contributed by atoms with E-state index >= 15 is 0 Å². The van der Waals surface area contributed by atoms with Crippen LogP contribution in [0.5, 0.6) is 0 Å². The van der Waals surface area contributed by atoms with Crippen LogP contribution in [0.3, 0.4) is 0 Å². The number of aryl methyl sites for hydroxylation is 1. The van der Waals surface area contributed by atoms with E-state index < -0.39 is 28.4 Å². The monoisotopic (exact) mass is 468 g/mol. The Labute approximate surface area is 195 Å². The van der Waals surface area contributed by atoms with Gasteiger partial charge in [-0.2, -0.15) is 8.42 Å². The molecule has 3 aromatic carbocycles. The molecule has 1 fully saturated rings. The van der Waals surface area contributed by atoms with Gasteiger partial charge in [0, 0.05) is 0 Å². The second-order valence-electron chi connectivity index (χ2n) is 8.04. The molecule has 6 nitrogen and oxygen atoms in total. The Hall–Kier alpha value is -2.55. The van der Waals surface area contributed by atoms with E-state index in [0.29, 0.717) is 13.2 Å². The van der Waals surface area contributed by atoms with Gasteiger partial charge >= 0.3 is 0 Å². The van der Waals surface area contributed by atoms with Gasteiger partial charge in [-0.3, -0.25) is 4.18 Å². The molecule has 0 spiro atoms. The third kappa shape index (κ3) is 6.50. The Balaban J connectivity index is 1.44. The maximum Gasteiger partial charge on any atom is 0.297 e. The van der Waals surface area contributed by atoms with E-state index in [1.165, 1.54) is 0 Å². The highest BCUT2D eigenvalue weighted by molar-refractivity contribution is 7.86. The van der Waals surface area contributed by atoms with E-state index in [2.05, 4.69) is 0 Å². The van der Waals surface area contributed by atoms with Gasteiger partial charge in [-0.15, -0.1) is 0 Å². The number of hydrogen-bond donors (Lipinski definition) is 0. The highest BCUT2D eigenvalue weighted by Gasteiger charge is 2.42. The van der Waals surface area contributed by atoms with Crippen LogP contribution in [0.15, 0.2) is 89.8 Å². The van der Waals surface area contributed by atoms with Crippen molar-refractivity contribution in [3.05, 3.63) is 102 Å². The maximum atomic E-state index is 12.9. The molecular formula is C26H28O6S. The summed E-state index contributed by atoms with van der Waals surface area (Å²) in [5.41, 5.74) is 3.00. The Kier molecular flexibility index (Phi) is 7.90. The predicted molar refractivity (Wildman–Crippen MR) is 124 cm³/mol. The van der Waals surface area contributed by atoms with Crippen LogP contribution in [-0.4, -0.2) is 39.9 Å². The normalized spacial score (nSPS) is 20.7. The molecule has 1 aliphatic rings. The highest BCUT2D eigenvalue weighted by atomic mass is 32.2. The molecule has 33 heavy (non-hydrogen) atoms. The first kappa shape index (κ1) is 23.6. The summed E-state index contributed by atoms with van der Waals surface area (Å²) in [5.74, 6) is 0. The molecule has 3 aromatic rings. The molecule has 0 saturated carbocycles. The first-order valence-corrected chi connectivity index (χ1v) is 12.3. The second kappa shape index (κ2) is 11.0. The summed E-state index contributed by atoms with van der Waals surface area (Å²) in [4.78, 5) is 0.110. The largest absolute Gasteiger partial charge is 0.374 e. The zero-order valence-electron chi connectivity index (χ0n) is 18.5. The van der Waals surface area contributed by atoms with Gasteiger partial charge in [-0.05, 0) is 30.2 Å². The third-order valence-electron chi connectivity index (χ3n) is 5.45. The van der Waals surface area contributed by atoms with Crippen molar-refractivity contribution in [2.75, 3.05) is 13.2 Å². The van der Waals surface area contributed by atoms with Gasteiger partial charge in [-0.25, -0.2) is 0 Å². The molecular weight excluding hydrogens is 440 g/mol. The zero-order valence-corrected chi connectivity index (χ0v) is 19.3. The van der Waals surface area contributed by atoms with Crippen molar-refractivity contribution in [2.24, 2.45) is 0 Å². The average Bonchev–Trinajstić information content (AvgIpc) is 3.20. The fraction of sp³-hybridized carbons (Fsp3) is 0.308. The number of hydrogen-bond acceptors (Lipinski definition) is 6. The Morgan fingerprint density at radius 2 is 1.45 bits per heavy atom. The van der Waals surface area contributed by atoms with Gasteiger partial charge in [0.25, 0.3) is 10.1 Å². The van der Waals surface area contributed by atoms with Crippen LogP contribution in [0.4, 0.5) is 0 Å². The van der Waals surface area contributed by atoms with Gasteiger partial charge in [0.2, 0.25) is 0 Å². The van der Waals surface area contributed by atoms with E-state index in [1.807, 2.05) is 67.6 Å². The summed E-state index contributed by atoms with van der Waals surface area (Å²) in [7, 11) is -3.96. The molecule has 0 aromatic heterocycles.